The maximum atomic E-state index is 12.4. The highest BCUT2D eigenvalue weighted by Gasteiger charge is 2.14. The average molecular weight is 365 g/mol. The second-order valence-electron chi connectivity index (χ2n) is 5.80. The average Bonchev–Trinajstić information content (AvgIpc) is 2.53. The molecular weight excluding hydrogens is 344 g/mol. The van der Waals surface area contributed by atoms with Crippen LogP contribution in [0.15, 0.2) is 29.4 Å². The lowest BCUT2D eigenvalue weighted by Crippen LogP contribution is -2.23. The smallest absolute Gasteiger partial charge is 0.291 e. The number of nitrogens with zero attached hydrogens (tertiary/aromatic N) is 2. The molecule has 7 heteroatoms. The number of carbonyl (C=O) groups excluding carboxylic acids is 1. The Morgan fingerprint density at radius 1 is 1.12 bits per heavy atom. The van der Waals surface area contributed by atoms with E-state index >= 15 is 0 Å². The van der Waals surface area contributed by atoms with Crippen molar-refractivity contribution in [3.63, 3.8) is 0 Å². The number of thioether (sulfide) groups is 1. The van der Waals surface area contributed by atoms with Crippen LogP contribution in [0.2, 0.25) is 0 Å². The van der Waals surface area contributed by atoms with Crippen LogP contribution in [0.1, 0.15) is 34.5 Å². The van der Waals surface area contributed by atoms with Crippen molar-refractivity contribution in [1.29, 1.82) is 0 Å². The summed E-state index contributed by atoms with van der Waals surface area (Å²) in [7, 11) is 0. The van der Waals surface area contributed by atoms with E-state index in [4.69, 9.17) is 0 Å². The van der Waals surface area contributed by atoms with Crippen LogP contribution in [-0.4, -0.2) is 21.6 Å². The minimum absolute atomic E-state index is 0.0644. The van der Waals surface area contributed by atoms with Crippen molar-refractivity contribution in [2.75, 3.05) is 0 Å². The quantitative estimate of drug-likeness (QED) is 0.596. The molecule has 1 N–H and O–H groups in total. The molecule has 0 bridgehead atoms. The molecule has 25 heavy (non-hydrogen) atoms. The molecule has 4 nitrogen and oxygen atoms in total. The number of benzene rings is 1. The second kappa shape index (κ2) is 8.89. The first-order valence-electron chi connectivity index (χ1n) is 7.96. The van der Waals surface area contributed by atoms with Gasteiger partial charge < -0.3 is 5.32 Å². The van der Waals surface area contributed by atoms with Gasteiger partial charge in [-0.1, -0.05) is 29.8 Å². The van der Waals surface area contributed by atoms with Crippen LogP contribution in [0.25, 0.3) is 0 Å². The van der Waals surface area contributed by atoms with E-state index < -0.39 is 5.76 Å². The van der Waals surface area contributed by atoms with Crippen molar-refractivity contribution in [3.05, 3.63) is 52.3 Å². The Bertz CT molecular complexity index is 713. The van der Waals surface area contributed by atoms with E-state index in [1.54, 1.807) is 13.8 Å². The molecule has 134 valence electrons. The summed E-state index contributed by atoms with van der Waals surface area (Å²) in [6.07, 6.45) is 0.787. The lowest BCUT2D eigenvalue weighted by molar-refractivity contribution is -0.121. The van der Waals surface area contributed by atoms with E-state index in [2.05, 4.69) is 15.3 Å². The fourth-order valence-electron chi connectivity index (χ4n) is 2.44. The van der Waals surface area contributed by atoms with E-state index in [9.17, 15) is 13.6 Å². The molecule has 0 aliphatic heterocycles. The maximum absolute atomic E-state index is 12.4. The third-order valence-electron chi connectivity index (χ3n) is 3.81. The summed E-state index contributed by atoms with van der Waals surface area (Å²) in [4.78, 5) is 20.2. The van der Waals surface area contributed by atoms with Crippen molar-refractivity contribution >= 4 is 17.7 Å². The molecular formula is C18H21F2N3OS. The molecule has 1 amide bonds. The fourth-order valence-corrected chi connectivity index (χ4v) is 2.98. The number of aryl methyl sites for hydroxylation is 3. The molecule has 0 aliphatic rings. The van der Waals surface area contributed by atoms with Crippen LogP contribution in [0.3, 0.4) is 0 Å². The minimum Gasteiger partial charge on any atom is -0.352 e. The Balaban J connectivity index is 1.89. The van der Waals surface area contributed by atoms with Gasteiger partial charge in [0.1, 0.15) is 0 Å². The fraction of sp³-hybridized carbons (Fsp3) is 0.389. The normalized spacial score (nSPS) is 11.0. The van der Waals surface area contributed by atoms with Gasteiger partial charge in [0.25, 0.3) is 5.76 Å². The standard InChI is InChI=1S/C18H21F2N3OS/c1-11-4-6-14(7-5-11)10-21-16(24)9-8-15-12(2)22-18(23-13(15)3)25-17(19)20/h4-7,17H,8-10H2,1-3H3,(H,21,24). The van der Waals surface area contributed by atoms with Crippen molar-refractivity contribution < 1.29 is 13.6 Å². The molecule has 0 radical (unpaired) electrons. The Kier molecular flexibility index (Phi) is 6.87. The van der Waals surface area contributed by atoms with Crippen LogP contribution in [-0.2, 0) is 17.8 Å². The number of aromatic nitrogens is 2. The van der Waals surface area contributed by atoms with Crippen LogP contribution < -0.4 is 5.32 Å². The molecule has 0 aliphatic carbocycles. The second-order valence-corrected chi connectivity index (χ2v) is 6.75. The van der Waals surface area contributed by atoms with Crippen LogP contribution in [0, 0.1) is 20.8 Å². The number of halogens is 2. The van der Waals surface area contributed by atoms with E-state index in [1.807, 2.05) is 31.2 Å². The van der Waals surface area contributed by atoms with Gasteiger partial charge in [-0.25, -0.2) is 9.97 Å². The minimum atomic E-state index is -2.54. The van der Waals surface area contributed by atoms with E-state index in [0.29, 0.717) is 42.5 Å². The van der Waals surface area contributed by atoms with Gasteiger partial charge in [-0.3, -0.25) is 4.79 Å². The Labute approximate surface area is 150 Å². The first kappa shape index (κ1) is 19.3. The number of amides is 1. The number of carbonyl (C=O) groups is 1. The Morgan fingerprint density at radius 2 is 1.72 bits per heavy atom. The molecule has 0 saturated heterocycles. The monoisotopic (exact) mass is 365 g/mol. The molecule has 0 spiro atoms. The zero-order chi connectivity index (χ0) is 18.4. The zero-order valence-electron chi connectivity index (χ0n) is 14.5. The molecule has 0 saturated carbocycles. The van der Waals surface area contributed by atoms with Gasteiger partial charge in [0.05, 0.1) is 0 Å². The lowest BCUT2D eigenvalue weighted by atomic mass is 10.1. The highest BCUT2D eigenvalue weighted by atomic mass is 32.2. The molecule has 2 rings (SSSR count). The molecule has 2 aromatic rings. The number of rotatable bonds is 7. The molecule has 0 atom stereocenters. The van der Waals surface area contributed by atoms with Crippen molar-refractivity contribution in [2.45, 2.75) is 51.1 Å². The summed E-state index contributed by atoms with van der Waals surface area (Å²) in [6, 6.07) is 7.98. The van der Waals surface area contributed by atoms with Gasteiger partial charge in [0.2, 0.25) is 5.91 Å². The van der Waals surface area contributed by atoms with Gasteiger partial charge >= 0.3 is 0 Å². The first-order chi connectivity index (χ1) is 11.8. The van der Waals surface area contributed by atoms with Gasteiger partial charge in [-0.05, 0) is 50.1 Å². The maximum Gasteiger partial charge on any atom is 0.291 e. The van der Waals surface area contributed by atoms with Gasteiger partial charge in [0.15, 0.2) is 5.16 Å². The number of hydrogen-bond acceptors (Lipinski definition) is 4. The predicted octanol–water partition coefficient (Wildman–Crippen LogP) is 3.97. The summed E-state index contributed by atoms with van der Waals surface area (Å²) in [6.45, 7) is 6.01. The largest absolute Gasteiger partial charge is 0.352 e. The van der Waals surface area contributed by atoms with Crippen LogP contribution in [0.5, 0.6) is 0 Å². The zero-order valence-corrected chi connectivity index (χ0v) is 15.3. The predicted molar refractivity (Wildman–Crippen MR) is 94.7 cm³/mol. The van der Waals surface area contributed by atoms with Crippen molar-refractivity contribution in [3.8, 4) is 0 Å². The Morgan fingerprint density at radius 3 is 2.28 bits per heavy atom. The van der Waals surface area contributed by atoms with E-state index in [1.165, 1.54) is 5.56 Å². The highest BCUT2D eigenvalue weighted by molar-refractivity contribution is 7.99. The third kappa shape index (κ3) is 6.08. The van der Waals surface area contributed by atoms with E-state index in [-0.39, 0.29) is 11.1 Å². The number of alkyl halides is 2. The summed E-state index contributed by atoms with van der Waals surface area (Å²) < 4.78 is 24.8. The molecule has 1 heterocycles. The van der Waals surface area contributed by atoms with Crippen molar-refractivity contribution in [2.24, 2.45) is 0 Å². The summed E-state index contributed by atoms with van der Waals surface area (Å²) in [5.41, 5.74) is 4.34. The number of nitrogens with one attached hydrogen (secondary N) is 1. The van der Waals surface area contributed by atoms with Gasteiger partial charge in [0, 0.05) is 24.4 Å². The molecule has 0 fully saturated rings. The SMILES string of the molecule is Cc1ccc(CNC(=O)CCc2c(C)nc(SC(F)F)nc2C)cc1. The highest BCUT2D eigenvalue weighted by Crippen LogP contribution is 2.24. The topological polar surface area (TPSA) is 54.9 Å². The lowest BCUT2D eigenvalue weighted by Gasteiger charge is -2.11. The van der Waals surface area contributed by atoms with Crippen LogP contribution >= 0.6 is 11.8 Å². The first-order valence-corrected chi connectivity index (χ1v) is 8.84. The summed E-state index contributed by atoms with van der Waals surface area (Å²) in [5.74, 6) is -2.61. The molecule has 1 aromatic heterocycles. The Hall–Kier alpha value is -2.02. The summed E-state index contributed by atoms with van der Waals surface area (Å²) >= 11 is 0.332. The van der Waals surface area contributed by atoms with Crippen molar-refractivity contribution in [1.82, 2.24) is 15.3 Å². The van der Waals surface area contributed by atoms with E-state index in [0.717, 1.165) is 11.1 Å². The molecule has 1 aromatic carbocycles. The number of hydrogen-bond donors (Lipinski definition) is 1. The molecule has 0 unspecified atom stereocenters. The third-order valence-corrected chi connectivity index (χ3v) is 4.38. The van der Waals surface area contributed by atoms with Gasteiger partial charge in [-0.15, -0.1) is 0 Å². The van der Waals surface area contributed by atoms with Crippen LogP contribution in [0.4, 0.5) is 8.78 Å². The van der Waals surface area contributed by atoms with Gasteiger partial charge in [-0.2, -0.15) is 8.78 Å². The summed E-state index contributed by atoms with van der Waals surface area (Å²) in [5, 5.41) is 2.95.